The minimum Gasteiger partial charge on any atom is -0.393 e. The Balaban J connectivity index is 0. The molecule has 0 bridgehead atoms. The van der Waals surface area contributed by atoms with E-state index in [1.165, 1.54) is 64.2 Å². The first-order valence-corrected chi connectivity index (χ1v) is 14.8. The molecule has 0 aromatic heterocycles. The Bertz CT molecular complexity index is 525. The third-order valence-corrected chi connectivity index (χ3v) is 9.99. The van der Waals surface area contributed by atoms with Gasteiger partial charge in [-0.15, -0.1) is 0 Å². The SMILES string of the molecule is C.C.C/C=C/CCCC1CCC2C3CCC4CC(O)CCC4(C)C3CCC12C.CC.CC.CC. The molecule has 1 heteroatoms. The Hall–Kier alpha value is -0.300. The van der Waals surface area contributed by atoms with Crippen LogP contribution in [0, 0.1) is 40.4 Å². The van der Waals surface area contributed by atoms with Crippen molar-refractivity contribution < 1.29 is 5.11 Å². The van der Waals surface area contributed by atoms with Gasteiger partial charge in [0.25, 0.3) is 0 Å². The summed E-state index contributed by atoms with van der Waals surface area (Å²) in [7, 11) is 0. The molecular weight excluding hydrogens is 412 g/mol. The van der Waals surface area contributed by atoms with E-state index >= 15 is 0 Å². The van der Waals surface area contributed by atoms with Gasteiger partial charge in [0, 0.05) is 0 Å². The lowest BCUT2D eigenvalue weighted by Crippen LogP contribution is -2.53. The number of hydrogen-bond donors (Lipinski definition) is 1. The van der Waals surface area contributed by atoms with Crippen molar-refractivity contribution in [2.24, 2.45) is 40.4 Å². The van der Waals surface area contributed by atoms with Crippen molar-refractivity contribution >= 4 is 0 Å². The van der Waals surface area contributed by atoms with Gasteiger partial charge in [-0.3, -0.25) is 0 Å². The molecule has 34 heavy (non-hydrogen) atoms. The van der Waals surface area contributed by atoms with Crippen LogP contribution in [-0.2, 0) is 0 Å². The van der Waals surface area contributed by atoms with Crippen LogP contribution in [0.4, 0.5) is 0 Å². The number of aliphatic hydroxyl groups excluding tert-OH is 1. The van der Waals surface area contributed by atoms with E-state index in [-0.39, 0.29) is 21.0 Å². The molecule has 4 aliphatic rings. The van der Waals surface area contributed by atoms with E-state index in [4.69, 9.17) is 0 Å². The summed E-state index contributed by atoms with van der Waals surface area (Å²) >= 11 is 0. The third-order valence-electron chi connectivity index (χ3n) is 9.99. The minimum atomic E-state index is -0.00786. The number of hydrogen-bond acceptors (Lipinski definition) is 1. The molecule has 8 atom stereocenters. The fourth-order valence-electron chi connectivity index (χ4n) is 8.47. The maximum atomic E-state index is 10.2. The number of allylic oxidation sites excluding steroid dienone is 2. The molecule has 4 saturated carbocycles. The predicted molar refractivity (Wildman–Crippen MR) is 157 cm³/mol. The molecule has 1 nitrogen and oxygen atoms in total. The van der Waals surface area contributed by atoms with Gasteiger partial charge >= 0.3 is 0 Å². The maximum absolute atomic E-state index is 10.2. The zero-order valence-electron chi connectivity index (χ0n) is 23.6. The van der Waals surface area contributed by atoms with E-state index in [0.717, 1.165) is 42.4 Å². The van der Waals surface area contributed by atoms with Gasteiger partial charge < -0.3 is 5.11 Å². The van der Waals surface area contributed by atoms with Crippen molar-refractivity contribution in [1.29, 1.82) is 0 Å². The normalized spacial score (nSPS) is 39.6. The summed E-state index contributed by atoms with van der Waals surface area (Å²) in [6, 6.07) is 0. The summed E-state index contributed by atoms with van der Waals surface area (Å²) in [5.41, 5.74) is 1.17. The van der Waals surface area contributed by atoms with Crippen LogP contribution in [0.1, 0.15) is 154 Å². The van der Waals surface area contributed by atoms with E-state index in [2.05, 4.69) is 32.9 Å². The molecule has 0 spiro atoms. The van der Waals surface area contributed by atoms with Crippen molar-refractivity contribution in [3.05, 3.63) is 12.2 Å². The summed E-state index contributed by atoms with van der Waals surface area (Å²) in [5.74, 6) is 4.73. The molecule has 0 aromatic rings. The second-order valence-electron chi connectivity index (χ2n) is 10.9. The van der Waals surface area contributed by atoms with Crippen LogP contribution in [0.15, 0.2) is 12.2 Å². The molecular formula is C33H68O. The van der Waals surface area contributed by atoms with Crippen molar-refractivity contribution in [2.75, 3.05) is 0 Å². The molecule has 8 unspecified atom stereocenters. The number of unbranched alkanes of at least 4 members (excludes halogenated alkanes) is 1. The lowest BCUT2D eigenvalue weighted by atomic mass is 9.44. The van der Waals surface area contributed by atoms with E-state index in [1.807, 2.05) is 41.5 Å². The van der Waals surface area contributed by atoms with Crippen LogP contribution in [0.2, 0.25) is 0 Å². The standard InChI is InChI=1S/C25H42O.3C2H6.2CH4/c1-4-5-6-7-8-18-10-12-22-21-11-9-19-17-20(26)13-15-25(19,3)23(21)14-16-24(18,22)2;3*1-2;;/h4-5,18-23,26H,6-17H2,1-3H3;3*1-2H3;2*1H4/b5-4+;;;;;. The van der Waals surface area contributed by atoms with Crippen molar-refractivity contribution in [3.63, 3.8) is 0 Å². The monoisotopic (exact) mass is 481 g/mol. The average Bonchev–Trinajstić information content (AvgIpc) is 3.17. The van der Waals surface area contributed by atoms with Gasteiger partial charge in [-0.05, 0) is 124 Å². The predicted octanol–water partition coefficient (Wildman–Crippen LogP) is 11.1. The van der Waals surface area contributed by atoms with Crippen LogP contribution >= 0.6 is 0 Å². The van der Waals surface area contributed by atoms with Crippen molar-refractivity contribution in [2.45, 2.75) is 160 Å². The summed E-state index contributed by atoms with van der Waals surface area (Å²) in [6.45, 7) is 19.4. The highest BCUT2D eigenvalue weighted by molar-refractivity contribution is 5.09. The lowest BCUT2D eigenvalue weighted by Gasteiger charge is -2.61. The summed E-state index contributed by atoms with van der Waals surface area (Å²) in [6.07, 6.45) is 21.0. The zero-order valence-corrected chi connectivity index (χ0v) is 23.6. The first-order chi connectivity index (χ1) is 15.5. The van der Waals surface area contributed by atoms with E-state index in [9.17, 15) is 5.11 Å². The quantitative estimate of drug-likeness (QED) is 0.313. The van der Waals surface area contributed by atoms with Gasteiger partial charge in [0.05, 0.1) is 6.10 Å². The molecule has 0 aromatic carbocycles. The summed E-state index contributed by atoms with van der Waals surface area (Å²) in [4.78, 5) is 0. The van der Waals surface area contributed by atoms with Gasteiger partial charge in [0.2, 0.25) is 0 Å². The van der Waals surface area contributed by atoms with E-state index in [1.54, 1.807) is 0 Å². The Morgan fingerprint density at radius 2 is 1.35 bits per heavy atom. The number of rotatable bonds is 4. The molecule has 4 fully saturated rings. The molecule has 1 N–H and O–H groups in total. The zero-order chi connectivity index (χ0) is 24.4. The Kier molecular flexibility index (Phi) is 18.1. The number of aliphatic hydroxyl groups is 1. The van der Waals surface area contributed by atoms with Crippen LogP contribution < -0.4 is 0 Å². The second kappa shape index (κ2) is 17.2. The first-order valence-electron chi connectivity index (χ1n) is 14.8. The fourth-order valence-corrected chi connectivity index (χ4v) is 8.47. The highest BCUT2D eigenvalue weighted by Gasteiger charge is 2.59. The van der Waals surface area contributed by atoms with Crippen molar-refractivity contribution in [1.82, 2.24) is 0 Å². The first kappa shape index (κ1) is 35.9. The van der Waals surface area contributed by atoms with Crippen LogP contribution in [0.3, 0.4) is 0 Å². The van der Waals surface area contributed by atoms with Gasteiger partial charge in [-0.2, -0.15) is 0 Å². The maximum Gasteiger partial charge on any atom is 0.0543 e. The van der Waals surface area contributed by atoms with Gasteiger partial charge in [-0.1, -0.05) is 82.4 Å². The van der Waals surface area contributed by atoms with Gasteiger partial charge in [0.15, 0.2) is 0 Å². The van der Waals surface area contributed by atoms with Gasteiger partial charge in [0.1, 0.15) is 0 Å². The minimum absolute atomic E-state index is 0. The summed E-state index contributed by atoms with van der Waals surface area (Å²) < 4.78 is 0. The fraction of sp³-hybridized carbons (Fsp3) is 0.939. The largest absolute Gasteiger partial charge is 0.393 e. The second-order valence-corrected chi connectivity index (χ2v) is 10.9. The Labute approximate surface area is 218 Å². The molecule has 4 aliphatic carbocycles. The average molecular weight is 481 g/mol. The highest BCUT2D eigenvalue weighted by atomic mass is 16.3. The van der Waals surface area contributed by atoms with Crippen LogP contribution in [0.5, 0.6) is 0 Å². The molecule has 0 amide bonds. The Morgan fingerprint density at radius 1 is 0.765 bits per heavy atom. The lowest BCUT2D eigenvalue weighted by molar-refractivity contribution is -0.126. The molecule has 0 heterocycles. The number of fused-ring (bicyclic) bond motifs is 5. The Morgan fingerprint density at radius 3 is 1.97 bits per heavy atom. The topological polar surface area (TPSA) is 20.2 Å². The molecule has 0 radical (unpaired) electrons. The molecule has 206 valence electrons. The van der Waals surface area contributed by atoms with Gasteiger partial charge in [-0.25, -0.2) is 0 Å². The van der Waals surface area contributed by atoms with Crippen molar-refractivity contribution in [3.8, 4) is 0 Å². The van der Waals surface area contributed by atoms with Crippen LogP contribution in [0.25, 0.3) is 0 Å². The highest BCUT2D eigenvalue weighted by Crippen LogP contribution is 2.67. The smallest absolute Gasteiger partial charge is 0.0543 e. The molecule has 0 aliphatic heterocycles. The van der Waals surface area contributed by atoms with E-state index in [0.29, 0.717) is 10.8 Å². The van der Waals surface area contributed by atoms with Crippen LogP contribution in [-0.4, -0.2) is 11.2 Å². The molecule has 0 saturated heterocycles. The molecule has 4 rings (SSSR count). The third kappa shape index (κ3) is 7.36. The van der Waals surface area contributed by atoms with E-state index < -0.39 is 0 Å². The summed E-state index contributed by atoms with van der Waals surface area (Å²) in [5, 5.41) is 10.2.